The Morgan fingerprint density at radius 1 is 0.265 bits per heavy atom. The quantitative estimate of drug-likeness (QED) is 0.0260. The fourth-order valence-corrected chi connectivity index (χ4v) is 13.0. The lowest BCUT2D eigenvalue weighted by Gasteiger charge is -2.26. The van der Waals surface area contributed by atoms with E-state index >= 15 is 0 Å². The van der Waals surface area contributed by atoms with Crippen LogP contribution in [0.2, 0.25) is 0 Å². The minimum Gasteiger partial charge on any atom is -0.466 e. The van der Waals surface area contributed by atoms with E-state index in [-0.39, 0.29) is 78.6 Å². The topological polar surface area (TPSA) is 276 Å². The number of carbonyl (C=O) groups excluding carboxylic acids is 9. The van der Waals surface area contributed by atoms with Gasteiger partial charge in [0.05, 0.1) is 18.8 Å². The van der Waals surface area contributed by atoms with Crippen LogP contribution in [0, 0.1) is 53.3 Å². The van der Waals surface area contributed by atoms with Gasteiger partial charge >= 0.3 is 53.7 Å². The molecule has 6 aromatic heterocycles. The highest BCUT2D eigenvalue weighted by Crippen LogP contribution is 2.32. The van der Waals surface area contributed by atoms with Gasteiger partial charge in [0.1, 0.15) is 60.5 Å². The Labute approximate surface area is 905 Å². The molecule has 0 saturated carbocycles. The molecule has 21 nitrogen and oxygen atoms in total. The molecule has 0 aliphatic carbocycles. The van der Waals surface area contributed by atoms with Gasteiger partial charge in [-0.1, -0.05) is 358 Å². The van der Waals surface area contributed by atoms with Gasteiger partial charge < -0.3 is 55.9 Å². The summed E-state index contributed by atoms with van der Waals surface area (Å²) in [6, 6.07) is 51.8. The largest absolute Gasteiger partial charge is 0.466 e. The third-order valence-electron chi connectivity index (χ3n) is 17.2. The molecular weight excluding hydrogens is 1910 g/mol. The fraction of sp³-hybridized carbons (Fsp3) is 0.585. The van der Waals surface area contributed by atoms with E-state index in [0.717, 1.165) is 31.3 Å². The summed E-state index contributed by atoms with van der Waals surface area (Å²) in [5, 5.41) is 5.96. The fourth-order valence-electron chi connectivity index (χ4n) is 10.9. The van der Waals surface area contributed by atoms with Crippen LogP contribution in [0.3, 0.4) is 0 Å². The second kappa shape index (κ2) is 99.1. The number of hydrogen-bond donors (Lipinski definition) is 0. The Morgan fingerprint density at radius 3 is 0.939 bits per heavy atom. The standard InChI is InChI=1S/C14H20O2.C13H18O2.C12H18O3.C12H18O2S.C12H16O2.C11H16O3.C11H16O2S.C10H14O3.C10H14O2S.9C2H6/c1-11(2)10-13(15)16-14(3,4)12-8-6-5-7-9-12;1-10(2)9-13(14)15-11(3)12-7-5-4-6-8-12;1-9(2)8-11(13)15-12(3,4)10-6-5-7-14-10;1-9(2)8-11(13)14-12(3,4)10-6-5-7-15-10;1-10(2)8-12(13)14-9-11-6-4-3-5-7-11;1-8(2)7-11(12)14-9(3)10-5-4-6-13-10;1-8(2)7-11(12)13-9(3)10-5-4-6-14-10;1-8(2)6-10(11)13-7-9-4-3-5-12-9;1-8(2)6-10(11)12-7-9-4-3-5-13-9;9*1-2/h5-9,11H,10H2,1-4H3;4-8,10-11H,9H2,1-3H3;2*5-7,9H,8H2,1-4H3;3-7,10H,8-9H2,1-2H3;2*4-6,8-9H,7H2,1-3H3;2*3-5,8H,6-7H2,1-2H3;9*1-2H3. The van der Waals surface area contributed by atoms with Crippen molar-refractivity contribution in [3.8, 4) is 0 Å². The van der Waals surface area contributed by atoms with E-state index in [2.05, 4.69) is 0 Å². The molecule has 6 heterocycles. The molecule has 3 unspecified atom stereocenters. The molecule has 24 heteroatoms. The third-order valence-corrected chi connectivity index (χ3v) is 20.3. The number of furan rings is 3. The first-order valence-electron chi connectivity index (χ1n) is 53.6. The summed E-state index contributed by atoms with van der Waals surface area (Å²) in [4.78, 5) is 105. The Morgan fingerprint density at radius 2 is 0.585 bits per heavy atom. The molecule has 840 valence electrons. The zero-order chi connectivity index (χ0) is 115. The van der Waals surface area contributed by atoms with Crippen molar-refractivity contribution >= 4 is 87.7 Å². The molecule has 0 amide bonds. The monoisotopic (exact) mass is 2110 g/mol. The zero-order valence-corrected chi connectivity index (χ0v) is 102. The van der Waals surface area contributed by atoms with E-state index < -0.39 is 16.8 Å². The summed E-state index contributed by atoms with van der Waals surface area (Å²) < 4.78 is 62.6. The highest BCUT2D eigenvalue weighted by molar-refractivity contribution is 7.10. The molecule has 0 bridgehead atoms. The van der Waals surface area contributed by atoms with Crippen molar-refractivity contribution in [3.05, 3.63) is 247 Å². The van der Waals surface area contributed by atoms with Gasteiger partial charge in [-0.2, -0.15) is 0 Å². The van der Waals surface area contributed by atoms with E-state index in [1.165, 1.54) is 0 Å². The molecular formula is C123H204O21S3. The first kappa shape index (κ1) is 154. The summed E-state index contributed by atoms with van der Waals surface area (Å²) in [6.07, 6.45) is 8.42. The van der Waals surface area contributed by atoms with Gasteiger partial charge in [0.15, 0.2) is 11.7 Å². The van der Waals surface area contributed by atoms with Crippen molar-refractivity contribution in [3.63, 3.8) is 0 Å². The Hall–Kier alpha value is -10.2. The smallest absolute Gasteiger partial charge is 0.307 e. The lowest BCUT2D eigenvalue weighted by Crippen LogP contribution is -2.26. The van der Waals surface area contributed by atoms with Crippen LogP contribution in [-0.2, 0) is 122 Å². The van der Waals surface area contributed by atoms with Gasteiger partial charge in [-0.25, -0.2) is 0 Å². The van der Waals surface area contributed by atoms with Crippen molar-refractivity contribution in [1.29, 1.82) is 0 Å². The molecule has 0 N–H and O–H groups in total. The van der Waals surface area contributed by atoms with Crippen LogP contribution in [0.4, 0.5) is 0 Å². The highest BCUT2D eigenvalue weighted by atomic mass is 32.1. The second-order valence-electron chi connectivity index (χ2n) is 36.1. The maximum absolute atomic E-state index is 11.6. The lowest BCUT2D eigenvalue weighted by atomic mass is 9.98. The van der Waals surface area contributed by atoms with Crippen molar-refractivity contribution < 1.29 is 99.0 Å². The van der Waals surface area contributed by atoms with E-state index in [1.54, 1.807) is 90.1 Å². The van der Waals surface area contributed by atoms with Crippen molar-refractivity contribution in [2.75, 3.05) is 0 Å². The highest BCUT2D eigenvalue weighted by Gasteiger charge is 2.30. The number of ether oxygens (including phenoxy) is 9. The minimum atomic E-state index is -0.685. The van der Waals surface area contributed by atoms with Crippen LogP contribution >= 0.6 is 34.0 Å². The number of benzene rings is 3. The average molecular weight is 2120 g/mol. The summed E-state index contributed by atoms with van der Waals surface area (Å²) in [6.45, 7) is 90.0. The molecule has 3 atom stereocenters. The van der Waals surface area contributed by atoms with E-state index in [4.69, 9.17) is 55.9 Å². The Bertz CT molecular complexity index is 4210. The van der Waals surface area contributed by atoms with Gasteiger partial charge in [0.2, 0.25) is 0 Å². The lowest BCUT2D eigenvalue weighted by molar-refractivity contribution is -0.160. The third kappa shape index (κ3) is 90.6. The molecule has 0 aliphatic rings. The number of esters is 9. The molecule has 0 saturated heterocycles. The molecule has 9 rings (SSSR count). The molecule has 147 heavy (non-hydrogen) atoms. The molecule has 0 spiro atoms. The van der Waals surface area contributed by atoms with Crippen molar-refractivity contribution in [1.82, 2.24) is 0 Å². The SMILES string of the molecule is CC.CC.CC.CC.CC.CC.CC.CC.CC.CC(C)CC(=O)OC(C)(C)c1ccccc1.CC(C)CC(=O)OC(C)(C)c1ccco1.CC(C)CC(=O)OC(C)(C)c1cccs1.CC(C)CC(=O)OC(C)c1ccccc1.CC(C)CC(=O)OC(C)c1ccco1.CC(C)CC(=O)OC(C)c1cccs1.CC(C)CC(=O)OCc1ccccc1.CC(C)CC(=O)OCc1ccco1.CC(C)CC(=O)OCc1cccs1. The average Bonchev–Trinajstić information content (AvgIpc) is 1.70. The number of rotatable bonds is 36. The second-order valence-corrected chi connectivity index (χ2v) is 39.1. The van der Waals surface area contributed by atoms with Gasteiger partial charge in [-0.3, -0.25) is 43.2 Å². The molecule has 0 fully saturated rings. The first-order valence-corrected chi connectivity index (χ1v) is 56.3. The van der Waals surface area contributed by atoms with E-state index in [1.807, 2.05) is 454 Å². The molecule has 0 aliphatic heterocycles. The van der Waals surface area contributed by atoms with Crippen LogP contribution in [0.25, 0.3) is 0 Å². The summed E-state index contributed by atoms with van der Waals surface area (Å²) in [5.74, 6) is 3.85. The Kier molecular flexibility index (Phi) is 104. The zero-order valence-electron chi connectivity index (χ0n) is 99.8. The number of hydrogen-bond acceptors (Lipinski definition) is 24. The summed E-state index contributed by atoms with van der Waals surface area (Å²) in [7, 11) is 0. The first-order chi connectivity index (χ1) is 69.6. The van der Waals surface area contributed by atoms with Crippen molar-refractivity contribution in [2.24, 2.45) is 53.3 Å². The maximum Gasteiger partial charge on any atom is 0.307 e. The number of carbonyl (C=O) groups is 9. The van der Waals surface area contributed by atoms with Crippen LogP contribution in [0.5, 0.6) is 0 Å². The van der Waals surface area contributed by atoms with E-state index in [0.29, 0.717) is 142 Å². The summed E-state index contributed by atoms with van der Waals surface area (Å²) >= 11 is 4.83. The van der Waals surface area contributed by atoms with Gasteiger partial charge in [0, 0.05) is 72.4 Å². The maximum atomic E-state index is 11.6. The van der Waals surface area contributed by atoms with Crippen molar-refractivity contribution in [2.45, 2.75) is 424 Å². The normalized spacial score (nSPS) is 10.6. The molecule has 9 aromatic rings. The predicted octanol–water partition coefficient (Wildman–Crippen LogP) is 37.1. The number of thiophene rings is 3. The van der Waals surface area contributed by atoms with Crippen LogP contribution in [0.1, 0.15) is 436 Å². The molecule has 0 radical (unpaired) electrons. The van der Waals surface area contributed by atoms with Crippen LogP contribution in [0.15, 0.2) is 212 Å². The van der Waals surface area contributed by atoms with Gasteiger partial charge in [0.25, 0.3) is 0 Å². The Balaban J connectivity index is -0.000000204. The molecule has 3 aromatic carbocycles. The van der Waals surface area contributed by atoms with E-state index in [9.17, 15) is 43.2 Å². The minimum absolute atomic E-state index is 0.108. The predicted molar refractivity (Wildman–Crippen MR) is 616 cm³/mol. The van der Waals surface area contributed by atoms with Crippen LogP contribution < -0.4 is 0 Å². The summed E-state index contributed by atoms with van der Waals surface area (Å²) in [5.41, 5.74) is 1.36. The van der Waals surface area contributed by atoms with Gasteiger partial charge in [-0.15, -0.1) is 34.0 Å². The van der Waals surface area contributed by atoms with Gasteiger partial charge in [-0.05, 0) is 203 Å². The van der Waals surface area contributed by atoms with Crippen LogP contribution in [-0.4, -0.2) is 53.7 Å².